The van der Waals surface area contributed by atoms with E-state index in [-0.39, 0.29) is 0 Å². The third kappa shape index (κ3) is 2.94. The van der Waals surface area contributed by atoms with Gasteiger partial charge in [-0.05, 0) is 32.6 Å². The van der Waals surface area contributed by atoms with Crippen molar-refractivity contribution in [1.82, 2.24) is 0 Å². The summed E-state index contributed by atoms with van der Waals surface area (Å²) in [6.45, 7) is 4.24. The van der Waals surface area contributed by atoms with Gasteiger partial charge in [0.25, 0.3) is 0 Å². The molecule has 1 aliphatic carbocycles. The molecule has 0 bridgehead atoms. The van der Waals surface area contributed by atoms with E-state index in [0.717, 1.165) is 5.00 Å². The molecular weight excluding hydrogens is 264 g/mol. The van der Waals surface area contributed by atoms with Crippen molar-refractivity contribution in [3.63, 3.8) is 0 Å². The summed E-state index contributed by atoms with van der Waals surface area (Å²) in [6, 6.07) is 0.363. The van der Waals surface area contributed by atoms with Gasteiger partial charge in [0.1, 0.15) is 15.6 Å². The van der Waals surface area contributed by atoms with Crippen LogP contribution in [0.15, 0.2) is 0 Å². The zero-order valence-corrected chi connectivity index (χ0v) is 12.3. The maximum absolute atomic E-state index is 11.8. The molecular formula is C13H20N2O3S. The summed E-state index contributed by atoms with van der Waals surface area (Å²) in [7, 11) is 1.56. The molecule has 0 saturated heterocycles. The third-order valence-electron chi connectivity index (χ3n) is 3.25. The number of thiophene rings is 1. The van der Waals surface area contributed by atoms with Crippen LogP contribution < -0.4 is 15.8 Å². The van der Waals surface area contributed by atoms with Crippen molar-refractivity contribution < 1.29 is 14.3 Å². The Hall–Kier alpha value is -1.43. The van der Waals surface area contributed by atoms with E-state index in [2.05, 4.69) is 12.2 Å². The van der Waals surface area contributed by atoms with Crippen molar-refractivity contribution in [1.29, 1.82) is 0 Å². The normalized spacial score (nSPS) is 15.9. The SMILES string of the molecule is CCOC(=O)c1sc(NC(C)C2CC2)c(OC)c1N. The van der Waals surface area contributed by atoms with Crippen LogP contribution in [0.1, 0.15) is 36.4 Å². The lowest BCUT2D eigenvalue weighted by Gasteiger charge is -2.13. The predicted molar refractivity (Wildman–Crippen MR) is 77.0 cm³/mol. The van der Waals surface area contributed by atoms with Crippen molar-refractivity contribution in [2.24, 2.45) is 5.92 Å². The summed E-state index contributed by atoms with van der Waals surface area (Å²) in [4.78, 5) is 12.2. The molecule has 1 aromatic heterocycles. The number of hydrogen-bond donors (Lipinski definition) is 2. The molecule has 0 spiro atoms. The summed E-state index contributed by atoms with van der Waals surface area (Å²) in [5, 5.41) is 4.20. The van der Waals surface area contributed by atoms with Crippen molar-refractivity contribution in [3.8, 4) is 5.75 Å². The molecule has 3 N–H and O–H groups in total. The fourth-order valence-corrected chi connectivity index (χ4v) is 3.08. The number of methoxy groups -OCH3 is 1. The second-order valence-electron chi connectivity index (χ2n) is 4.70. The van der Waals surface area contributed by atoms with Crippen LogP contribution in [0, 0.1) is 5.92 Å². The molecule has 1 unspecified atom stereocenters. The Labute approximate surface area is 117 Å². The molecule has 1 aromatic rings. The van der Waals surface area contributed by atoms with Gasteiger partial charge in [0, 0.05) is 6.04 Å². The Bertz CT molecular complexity index is 469. The van der Waals surface area contributed by atoms with Crippen LogP contribution in [0.4, 0.5) is 10.7 Å². The fraction of sp³-hybridized carbons (Fsp3) is 0.615. The van der Waals surface area contributed by atoms with Crippen molar-refractivity contribution >= 4 is 28.0 Å². The molecule has 106 valence electrons. The summed E-state index contributed by atoms with van der Waals surface area (Å²) in [5.41, 5.74) is 6.32. The number of hydrogen-bond acceptors (Lipinski definition) is 6. The number of anilines is 2. The van der Waals surface area contributed by atoms with Gasteiger partial charge in [-0.3, -0.25) is 0 Å². The van der Waals surface area contributed by atoms with Crippen LogP contribution in [-0.4, -0.2) is 25.7 Å². The molecule has 6 heteroatoms. The Morgan fingerprint density at radius 2 is 2.26 bits per heavy atom. The van der Waals surface area contributed by atoms with Gasteiger partial charge in [-0.2, -0.15) is 0 Å². The van der Waals surface area contributed by atoms with E-state index in [9.17, 15) is 4.79 Å². The highest BCUT2D eigenvalue weighted by Gasteiger charge is 2.30. The second kappa shape index (κ2) is 5.69. The number of nitrogens with one attached hydrogen (secondary N) is 1. The molecule has 1 aliphatic rings. The maximum atomic E-state index is 11.8. The monoisotopic (exact) mass is 284 g/mol. The van der Waals surface area contributed by atoms with E-state index in [1.54, 1.807) is 14.0 Å². The average molecular weight is 284 g/mol. The van der Waals surface area contributed by atoms with Crippen LogP contribution in [0.3, 0.4) is 0 Å². The van der Waals surface area contributed by atoms with Gasteiger partial charge in [-0.25, -0.2) is 4.79 Å². The quantitative estimate of drug-likeness (QED) is 0.786. The van der Waals surface area contributed by atoms with E-state index in [4.69, 9.17) is 15.2 Å². The lowest BCUT2D eigenvalue weighted by Crippen LogP contribution is -2.16. The van der Waals surface area contributed by atoms with E-state index < -0.39 is 5.97 Å². The lowest BCUT2D eigenvalue weighted by atomic mass is 10.2. The predicted octanol–water partition coefficient (Wildman–Crippen LogP) is 2.73. The van der Waals surface area contributed by atoms with Gasteiger partial charge in [0.05, 0.1) is 13.7 Å². The molecule has 19 heavy (non-hydrogen) atoms. The number of ether oxygens (including phenoxy) is 2. The standard InChI is InChI=1S/C13H20N2O3S/c1-4-18-13(16)11-9(14)10(17-3)12(19-11)15-7(2)8-5-6-8/h7-8,15H,4-6,14H2,1-3H3. The van der Waals surface area contributed by atoms with E-state index in [0.29, 0.717) is 34.9 Å². The Kier molecular flexibility index (Phi) is 4.19. The van der Waals surface area contributed by atoms with Gasteiger partial charge >= 0.3 is 5.97 Å². The highest BCUT2D eigenvalue weighted by atomic mass is 32.1. The molecule has 1 heterocycles. The molecule has 0 amide bonds. The molecule has 1 saturated carbocycles. The van der Waals surface area contributed by atoms with Gasteiger partial charge < -0.3 is 20.5 Å². The maximum Gasteiger partial charge on any atom is 0.350 e. The number of rotatable bonds is 6. The third-order valence-corrected chi connectivity index (χ3v) is 4.35. The van der Waals surface area contributed by atoms with Crippen molar-refractivity contribution in [3.05, 3.63) is 4.88 Å². The molecule has 1 atom stereocenters. The fourth-order valence-electron chi connectivity index (χ4n) is 2.00. The minimum absolute atomic E-state index is 0.333. The smallest absolute Gasteiger partial charge is 0.350 e. The lowest BCUT2D eigenvalue weighted by molar-refractivity contribution is 0.0533. The molecule has 0 radical (unpaired) electrons. The van der Waals surface area contributed by atoms with Crippen LogP contribution in [0.5, 0.6) is 5.75 Å². The van der Waals surface area contributed by atoms with Crippen molar-refractivity contribution in [2.75, 3.05) is 24.8 Å². The van der Waals surface area contributed by atoms with E-state index in [1.807, 2.05) is 0 Å². The zero-order valence-electron chi connectivity index (χ0n) is 11.5. The number of esters is 1. The molecule has 0 aliphatic heterocycles. The first kappa shape index (κ1) is 14.0. The number of nitrogens with two attached hydrogens (primary N) is 1. The number of carbonyl (C=O) groups is 1. The molecule has 5 nitrogen and oxygen atoms in total. The van der Waals surface area contributed by atoms with Gasteiger partial charge in [-0.15, -0.1) is 11.3 Å². The number of nitrogen functional groups attached to an aromatic ring is 1. The summed E-state index contributed by atoms with van der Waals surface area (Å²) < 4.78 is 10.3. The number of carbonyl (C=O) groups excluding carboxylic acids is 1. The van der Waals surface area contributed by atoms with Crippen LogP contribution >= 0.6 is 11.3 Å². The van der Waals surface area contributed by atoms with E-state index in [1.165, 1.54) is 24.2 Å². The molecule has 2 rings (SSSR count). The summed E-state index contributed by atoms with van der Waals surface area (Å²) in [5.74, 6) is 0.857. The van der Waals surface area contributed by atoms with Crippen LogP contribution in [0.25, 0.3) is 0 Å². The second-order valence-corrected chi connectivity index (χ2v) is 5.72. The molecule has 1 fully saturated rings. The average Bonchev–Trinajstić information content (AvgIpc) is 3.16. The van der Waals surface area contributed by atoms with Gasteiger partial charge in [0.15, 0.2) is 5.75 Å². The van der Waals surface area contributed by atoms with Crippen molar-refractivity contribution in [2.45, 2.75) is 32.7 Å². The van der Waals surface area contributed by atoms with Crippen LogP contribution in [-0.2, 0) is 4.74 Å². The van der Waals surface area contributed by atoms with E-state index >= 15 is 0 Å². The molecule has 0 aromatic carbocycles. The van der Waals surface area contributed by atoms with Gasteiger partial charge in [-0.1, -0.05) is 0 Å². The Balaban J connectivity index is 2.21. The first-order valence-electron chi connectivity index (χ1n) is 6.48. The zero-order chi connectivity index (χ0) is 14.0. The highest BCUT2D eigenvalue weighted by molar-refractivity contribution is 7.19. The highest BCUT2D eigenvalue weighted by Crippen LogP contribution is 2.44. The largest absolute Gasteiger partial charge is 0.492 e. The Morgan fingerprint density at radius 1 is 1.58 bits per heavy atom. The van der Waals surface area contributed by atoms with Crippen LogP contribution in [0.2, 0.25) is 0 Å². The minimum Gasteiger partial charge on any atom is -0.492 e. The minimum atomic E-state index is -0.393. The first-order valence-corrected chi connectivity index (χ1v) is 7.30. The Morgan fingerprint density at radius 3 is 2.79 bits per heavy atom. The summed E-state index contributed by atoms with van der Waals surface area (Å²) >= 11 is 1.30. The topological polar surface area (TPSA) is 73.6 Å². The first-order chi connectivity index (χ1) is 9.08. The van der Waals surface area contributed by atoms with Gasteiger partial charge in [0.2, 0.25) is 0 Å². The summed E-state index contributed by atoms with van der Waals surface area (Å²) in [6.07, 6.45) is 2.50.